The zero-order chi connectivity index (χ0) is 13.9. The number of methoxy groups -OCH3 is 1. The van der Waals surface area contributed by atoms with Gasteiger partial charge in [-0.3, -0.25) is 0 Å². The van der Waals surface area contributed by atoms with Crippen molar-refractivity contribution in [1.29, 1.82) is 0 Å². The van der Waals surface area contributed by atoms with E-state index in [0.29, 0.717) is 12.7 Å². The molecule has 2 unspecified atom stereocenters. The summed E-state index contributed by atoms with van der Waals surface area (Å²) in [6, 6.07) is 10.2. The highest BCUT2D eigenvalue weighted by molar-refractivity contribution is 5.13. The van der Waals surface area contributed by atoms with Crippen LogP contribution in [0, 0.1) is 0 Å². The molecule has 0 bridgehead atoms. The van der Waals surface area contributed by atoms with Crippen molar-refractivity contribution in [1.82, 2.24) is 0 Å². The van der Waals surface area contributed by atoms with Crippen LogP contribution < -0.4 is 0 Å². The number of aliphatic hydroxyl groups excluding tert-OH is 1. The number of rotatable bonds is 6. The van der Waals surface area contributed by atoms with Crippen molar-refractivity contribution < 1.29 is 19.3 Å². The molecule has 4 nitrogen and oxygen atoms in total. The average Bonchev–Trinajstić information content (AvgIpc) is 2.95. The predicted molar refractivity (Wildman–Crippen MR) is 73.8 cm³/mol. The molecule has 1 fully saturated rings. The maximum Gasteiger partial charge on any atom is 0.157 e. The molecule has 2 rings (SSSR count). The summed E-state index contributed by atoms with van der Waals surface area (Å²) in [6.45, 7) is 1.43. The van der Waals surface area contributed by atoms with Crippen molar-refractivity contribution >= 4 is 0 Å². The Labute approximate surface area is 115 Å². The summed E-state index contributed by atoms with van der Waals surface area (Å²) in [4.78, 5) is 0. The molecule has 1 heterocycles. The first-order valence-corrected chi connectivity index (χ1v) is 6.63. The molecular formula is C15H24O4. The lowest BCUT2D eigenvalue weighted by atomic mass is 10.2. The molecule has 0 amide bonds. The monoisotopic (exact) mass is 268 g/mol. The standard InChI is InChI=1S/C14H20O3.CH4O/c1-15-14-8-7-13(17-14)9-10-16-11-12-5-3-2-4-6-12;1-2/h2-6,13-14H,7-11H2,1H3;2H,1H3. The van der Waals surface area contributed by atoms with E-state index in [9.17, 15) is 0 Å². The van der Waals surface area contributed by atoms with E-state index in [1.54, 1.807) is 7.11 Å². The zero-order valence-corrected chi connectivity index (χ0v) is 11.7. The quantitative estimate of drug-likeness (QED) is 0.805. The van der Waals surface area contributed by atoms with E-state index in [0.717, 1.165) is 33.0 Å². The molecule has 19 heavy (non-hydrogen) atoms. The maximum absolute atomic E-state index is 7.00. The molecule has 4 heteroatoms. The van der Waals surface area contributed by atoms with Gasteiger partial charge in [0.05, 0.1) is 12.7 Å². The SMILES string of the molecule is CO.COC1CCC(CCOCc2ccccc2)O1. The Bertz CT molecular complexity index is 315. The lowest BCUT2D eigenvalue weighted by molar-refractivity contribution is -0.119. The summed E-state index contributed by atoms with van der Waals surface area (Å²) in [5.74, 6) is 0. The van der Waals surface area contributed by atoms with Crippen LogP contribution in [-0.4, -0.2) is 38.3 Å². The van der Waals surface area contributed by atoms with Gasteiger partial charge in [0.1, 0.15) is 0 Å². The fraction of sp³-hybridized carbons (Fsp3) is 0.600. The zero-order valence-electron chi connectivity index (χ0n) is 11.7. The number of aliphatic hydroxyl groups is 1. The van der Waals surface area contributed by atoms with Gasteiger partial charge in [-0.15, -0.1) is 0 Å². The second-order valence-electron chi connectivity index (χ2n) is 4.33. The van der Waals surface area contributed by atoms with Crippen molar-refractivity contribution in [3.8, 4) is 0 Å². The van der Waals surface area contributed by atoms with Crippen molar-refractivity contribution in [2.75, 3.05) is 20.8 Å². The van der Waals surface area contributed by atoms with E-state index in [1.165, 1.54) is 5.56 Å². The maximum atomic E-state index is 7.00. The highest BCUT2D eigenvalue weighted by atomic mass is 16.7. The van der Waals surface area contributed by atoms with Crippen LogP contribution in [0.3, 0.4) is 0 Å². The van der Waals surface area contributed by atoms with Gasteiger partial charge in [-0.05, 0) is 18.4 Å². The highest BCUT2D eigenvalue weighted by Crippen LogP contribution is 2.22. The number of ether oxygens (including phenoxy) is 3. The van der Waals surface area contributed by atoms with Crippen LogP contribution >= 0.6 is 0 Å². The van der Waals surface area contributed by atoms with E-state index in [1.807, 2.05) is 18.2 Å². The molecule has 1 aliphatic rings. The Morgan fingerprint density at radius 3 is 2.58 bits per heavy atom. The summed E-state index contributed by atoms with van der Waals surface area (Å²) in [7, 11) is 2.69. The van der Waals surface area contributed by atoms with Crippen molar-refractivity contribution in [3.63, 3.8) is 0 Å². The summed E-state index contributed by atoms with van der Waals surface area (Å²) in [5, 5.41) is 7.00. The molecule has 1 aliphatic heterocycles. The fourth-order valence-electron chi connectivity index (χ4n) is 2.04. The molecule has 1 aromatic rings. The fourth-order valence-corrected chi connectivity index (χ4v) is 2.04. The summed E-state index contributed by atoms with van der Waals surface area (Å²) < 4.78 is 16.4. The molecule has 1 aromatic carbocycles. The third-order valence-corrected chi connectivity index (χ3v) is 3.03. The number of hydrogen-bond donors (Lipinski definition) is 1. The van der Waals surface area contributed by atoms with Gasteiger partial charge in [0, 0.05) is 27.2 Å². The second kappa shape index (κ2) is 9.92. The van der Waals surface area contributed by atoms with Crippen LogP contribution in [-0.2, 0) is 20.8 Å². The normalized spacial score (nSPS) is 21.8. The molecule has 0 spiro atoms. The predicted octanol–water partition coefficient (Wildman–Crippen LogP) is 2.35. The Hall–Kier alpha value is -0.940. The molecule has 108 valence electrons. The van der Waals surface area contributed by atoms with E-state index in [2.05, 4.69) is 12.1 Å². The summed E-state index contributed by atoms with van der Waals surface area (Å²) >= 11 is 0. The van der Waals surface area contributed by atoms with Crippen LogP contribution in [0.1, 0.15) is 24.8 Å². The lowest BCUT2D eigenvalue weighted by Crippen LogP contribution is -2.14. The van der Waals surface area contributed by atoms with Gasteiger partial charge in [-0.2, -0.15) is 0 Å². The minimum atomic E-state index is -0.00544. The topological polar surface area (TPSA) is 47.9 Å². The van der Waals surface area contributed by atoms with E-state index in [-0.39, 0.29) is 6.29 Å². The van der Waals surface area contributed by atoms with Gasteiger partial charge in [0.25, 0.3) is 0 Å². The highest BCUT2D eigenvalue weighted by Gasteiger charge is 2.24. The third-order valence-electron chi connectivity index (χ3n) is 3.03. The Kier molecular flexibility index (Phi) is 8.41. The first-order valence-electron chi connectivity index (χ1n) is 6.63. The first kappa shape index (κ1) is 16.1. The minimum absolute atomic E-state index is 0.00544. The Balaban J connectivity index is 0.000000861. The lowest BCUT2D eigenvalue weighted by Gasteiger charge is -2.12. The van der Waals surface area contributed by atoms with E-state index in [4.69, 9.17) is 19.3 Å². The second-order valence-corrected chi connectivity index (χ2v) is 4.33. The van der Waals surface area contributed by atoms with E-state index < -0.39 is 0 Å². The van der Waals surface area contributed by atoms with Gasteiger partial charge in [-0.25, -0.2) is 0 Å². The molecule has 0 radical (unpaired) electrons. The van der Waals surface area contributed by atoms with Crippen LogP contribution in [0.5, 0.6) is 0 Å². The van der Waals surface area contributed by atoms with Crippen LogP contribution in [0.4, 0.5) is 0 Å². The Morgan fingerprint density at radius 1 is 1.21 bits per heavy atom. The largest absolute Gasteiger partial charge is 0.400 e. The smallest absolute Gasteiger partial charge is 0.157 e. The van der Waals surface area contributed by atoms with E-state index >= 15 is 0 Å². The Morgan fingerprint density at radius 2 is 1.95 bits per heavy atom. The third kappa shape index (κ3) is 6.16. The molecule has 1 saturated heterocycles. The minimum Gasteiger partial charge on any atom is -0.400 e. The van der Waals surface area contributed by atoms with Gasteiger partial charge in [-0.1, -0.05) is 30.3 Å². The van der Waals surface area contributed by atoms with Gasteiger partial charge >= 0.3 is 0 Å². The van der Waals surface area contributed by atoms with Gasteiger partial charge in [0.2, 0.25) is 0 Å². The molecule has 1 N–H and O–H groups in total. The molecule has 0 aliphatic carbocycles. The van der Waals surface area contributed by atoms with Crippen LogP contribution in [0.2, 0.25) is 0 Å². The summed E-state index contributed by atoms with van der Waals surface area (Å²) in [5.41, 5.74) is 1.22. The molecule has 0 saturated carbocycles. The molecule has 2 atom stereocenters. The van der Waals surface area contributed by atoms with Crippen LogP contribution in [0.15, 0.2) is 30.3 Å². The number of hydrogen-bond acceptors (Lipinski definition) is 4. The van der Waals surface area contributed by atoms with Crippen molar-refractivity contribution in [3.05, 3.63) is 35.9 Å². The van der Waals surface area contributed by atoms with Crippen molar-refractivity contribution in [2.24, 2.45) is 0 Å². The van der Waals surface area contributed by atoms with Gasteiger partial charge in [0.15, 0.2) is 6.29 Å². The average molecular weight is 268 g/mol. The first-order chi connectivity index (χ1) is 9.38. The van der Waals surface area contributed by atoms with Crippen molar-refractivity contribution in [2.45, 2.75) is 38.3 Å². The number of benzene rings is 1. The van der Waals surface area contributed by atoms with Gasteiger partial charge < -0.3 is 19.3 Å². The molecule has 0 aromatic heterocycles. The van der Waals surface area contributed by atoms with Crippen LogP contribution in [0.25, 0.3) is 0 Å². The summed E-state index contributed by atoms with van der Waals surface area (Å²) in [6.07, 6.45) is 3.32. The molecular weight excluding hydrogens is 244 g/mol.